The van der Waals surface area contributed by atoms with Crippen molar-refractivity contribution >= 4 is 15.7 Å². The lowest BCUT2D eigenvalue weighted by molar-refractivity contribution is 0.557. The molecule has 0 bridgehead atoms. The van der Waals surface area contributed by atoms with Gasteiger partial charge in [-0.2, -0.15) is 0 Å². The SMILES string of the molecule is O=S(=O)(Nc1cnc(C2CC2)nc1)c1ccoc1. The summed E-state index contributed by atoms with van der Waals surface area (Å²) in [4.78, 5) is 8.37. The maximum absolute atomic E-state index is 11.9. The number of sulfonamides is 1. The van der Waals surface area contributed by atoms with Crippen LogP contribution in [0.15, 0.2) is 40.3 Å². The molecule has 3 rings (SSSR count). The summed E-state index contributed by atoms with van der Waals surface area (Å²) in [5, 5.41) is 0. The summed E-state index contributed by atoms with van der Waals surface area (Å²) in [5.74, 6) is 1.23. The molecule has 2 aromatic rings. The van der Waals surface area contributed by atoms with Crippen LogP contribution in [0.3, 0.4) is 0 Å². The molecule has 0 aromatic carbocycles. The highest BCUT2D eigenvalue weighted by molar-refractivity contribution is 7.92. The molecule has 0 amide bonds. The topological polar surface area (TPSA) is 85.1 Å². The van der Waals surface area contributed by atoms with Gasteiger partial charge in [-0.25, -0.2) is 18.4 Å². The van der Waals surface area contributed by atoms with Gasteiger partial charge in [-0.3, -0.25) is 4.72 Å². The lowest BCUT2D eigenvalue weighted by Crippen LogP contribution is -2.12. The minimum Gasteiger partial charge on any atom is -0.471 e. The smallest absolute Gasteiger partial charge is 0.265 e. The molecule has 18 heavy (non-hydrogen) atoms. The molecule has 1 aliphatic rings. The monoisotopic (exact) mass is 265 g/mol. The van der Waals surface area contributed by atoms with Crippen LogP contribution in [0, 0.1) is 0 Å². The predicted molar refractivity (Wildman–Crippen MR) is 63.5 cm³/mol. The molecule has 0 radical (unpaired) electrons. The standard InChI is InChI=1S/C11H11N3O3S/c15-18(16,10-3-4-17-7-10)14-9-5-12-11(13-6-9)8-1-2-8/h3-8,14H,1-2H2. The number of nitrogens with zero attached hydrogens (tertiary/aromatic N) is 2. The fourth-order valence-electron chi connectivity index (χ4n) is 1.56. The van der Waals surface area contributed by atoms with E-state index in [0.717, 1.165) is 18.7 Å². The van der Waals surface area contributed by atoms with Gasteiger partial charge in [0.2, 0.25) is 0 Å². The summed E-state index contributed by atoms with van der Waals surface area (Å²) in [5.41, 5.74) is 0.348. The number of anilines is 1. The van der Waals surface area contributed by atoms with Crippen LogP contribution in [0.4, 0.5) is 5.69 Å². The number of furan rings is 1. The summed E-state index contributed by atoms with van der Waals surface area (Å²) in [6, 6.07) is 1.38. The number of nitrogens with one attached hydrogen (secondary N) is 1. The molecule has 6 nitrogen and oxygen atoms in total. The molecular formula is C11H11N3O3S. The Kier molecular flexibility index (Phi) is 2.55. The number of hydrogen-bond acceptors (Lipinski definition) is 5. The Morgan fingerprint density at radius 2 is 2.00 bits per heavy atom. The van der Waals surface area contributed by atoms with Crippen LogP contribution < -0.4 is 4.72 Å². The zero-order valence-corrected chi connectivity index (χ0v) is 10.2. The second-order valence-corrected chi connectivity index (χ2v) is 5.85. The van der Waals surface area contributed by atoms with E-state index in [1.165, 1.54) is 31.0 Å². The van der Waals surface area contributed by atoms with E-state index in [-0.39, 0.29) is 4.90 Å². The molecule has 7 heteroatoms. The van der Waals surface area contributed by atoms with E-state index in [4.69, 9.17) is 4.42 Å². The molecule has 1 aliphatic carbocycles. The maximum atomic E-state index is 11.9. The first kappa shape index (κ1) is 11.2. The first-order valence-corrected chi connectivity index (χ1v) is 7.00. The van der Waals surface area contributed by atoms with E-state index < -0.39 is 10.0 Å². The van der Waals surface area contributed by atoms with E-state index in [1.807, 2.05) is 0 Å². The Bertz CT molecular complexity index is 631. The predicted octanol–water partition coefficient (Wildman–Crippen LogP) is 1.75. The van der Waals surface area contributed by atoms with Gasteiger partial charge in [0.25, 0.3) is 10.0 Å². The molecule has 0 saturated heterocycles. The third-order valence-corrected chi connectivity index (χ3v) is 4.03. The summed E-state index contributed by atoms with van der Waals surface area (Å²) in [6.45, 7) is 0. The Balaban J connectivity index is 1.79. The summed E-state index contributed by atoms with van der Waals surface area (Å²) in [7, 11) is -3.61. The summed E-state index contributed by atoms with van der Waals surface area (Å²) in [6.07, 6.45) is 7.67. The van der Waals surface area contributed by atoms with Crippen molar-refractivity contribution in [3.8, 4) is 0 Å². The molecule has 2 heterocycles. The molecule has 0 unspecified atom stereocenters. The minimum absolute atomic E-state index is 0.0776. The molecular weight excluding hydrogens is 254 g/mol. The third-order valence-electron chi connectivity index (χ3n) is 2.67. The Labute approximate surface area is 104 Å². The highest BCUT2D eigenvalue weighted by Crippen LogP contribution is 2.37. The van der Waals surface area contributed by atoms with Crippen LogP contribution in [-0.4, -0.2) is 18.4 Å². The molecule has 0 atom stereocenters. The molecule has 1 N–H and O–H groups in total. The number of rotatable bonds is 4. The van der Waals surface area contributed by atoms with Gasteiger partial charge in [-0.1, -0.05) is 0 Å². The molecule has 0 aliphatic heterocycles. The lowest BCUT2D eigenvalue weighted by atomic mass is 10.4. The highest BCUT2D eigenvalue weighted by Gasteiger charge is 2.26. The van der Waals surface area contributed by atoms with Gasteiger partial charge in [0, 0.05) is 5.92 Å². The van der Waals surface area contributed by atoms with Crippen LogP contribution in [0.2, 0.25) is 0 Å². The van der Waals surface area contributed by atoms with Crippen LogP contribution >= 0.6 is 0 Å². The average molecular weight is 265 g/mol. The first-order chi connectivity index (χ1) is 8.65. The zero-order valence-electron chi connectivity index (χ0n) is 9.41. The maximum Gasteiger partial charge on any atom is 0.265 e. The zero-order chi connectivity index (χ0) is 12.6. The second kappa shape index (κ2) is 4.09. The Morgan fingerprint density at radius 3 is 2.56 bits per heavy atom. The lowest BCUT2D eigenvalue weighted by Gasteiger charge is -2.05. The third kappa shape index (κ3) is 2.21. The fraction of sp³-hybridized carbons (Fsp3) is 0.273. The van der Waals surface area contributed by atoms with Gasteiger partial charge in [-0.05, 0) is 18.9 Å². The van der Waals surface area contributed by atoms with Gasteiger partial charge < -0.3 is 4.42 Å². The second-order valence-electron chi connectivity index (χ2n) is 4.17. The van der Waals surface area contributed by atoms with Crippen molar-refractivity contribution in [2.24, 2.45) is 0 Å². The van der Waals surface area contributed by atoms with Crippen molar-refractivity contribution in [2.45, 2.75) is 23.7 Å². The molecule has 0 spiro atoms. The van der Waals surface area contributed by atoms with Gasteiger partial charge in [-0.15, -0.1) is 0 Å². The molecule has 1 fully saturated rings. The van der Waals surface area contributed by atoms with Gasteiger partial charge in [0.15, 0.2) is 0 Å². The molecule has 94 valence electrons. The van der Waals surface area contributed by atoms with Gasteiger partial charge in [0.05, 0.1) is 24.3 Å². The first-order valence-electron chi connectivity index (χ1n) is 5.52. The number of hydrogen-bond donors (Lipinski definition) is 1. The molecule has 2 aromatic heterocycles. The van der Waals surface area contributed by atoms with Crippen molar-refractivity contribution in [1.29, 1.82) is 0 Å². The van der Waals surface area contributed by atoms with Crippen molar-refractivity contribution in [2.75, 3.05) is 4.72 Å². The van der Waals surface area contributed by atoms with Crippen LogP contribution in [-0.2, 0) is 10.0 Å². The number of aromatic nitrogens is 2. The Hall–Kier alpha value is -1.89. The minimum atomic E-state index is -3.61. The van der Waals surface area contributed by atoms with E-state index in [9.17, 15) is 8.42 Å². The van der Waals surface area contributed by atoms with Crippen molar-refractivity contribution in [3.63, 3.8) is 0 Å². The Morgan fingerprint density at radius 1 is 1.28 bits per heavy atom. The van der Waals surface area contributed by atoms with Crippen LogP contribution in [0.25, 0.3) is 0 Å². The highest BCUT2D eigenvalue weighted by atomic mass is 32.2. The van der Waals surface area contributed by atoms with E-state index in [2.05, 4.69) is 14.7 Å². The van der Waals surface area contributed by atoms with Crippen molar-refractivity contribution < 1.29 is 12.8 Å². The summed E-state index contributed by atoms with van der Waals surface area (Å²) >= 11 is 0. The van der Waals surface area contributed by atoms with E-state index in [1.54, 1.807) is 0 Å². The van der Waals surface area contributed by atoms with Crippen LogP contribution in [0.5, 0.6) is 0 Å². The van der Waals surface area contributed by atoms with Crippen molar-refractivity contribution in [3.05, 3.63) is 36.8 Å². The normalized spacial score (nSPS) is 15.6. The average Bonchev–Trinajstić information content (AvgIpc) is 3.04. The fourth-order valence-corrected chi connectivity index (χ4v) is 2.51. The van der Waals surface area contributed by atoms with Gasteiger partial charge in [0.1, 0.15) is 17.0 Å². The van der Waals surface area contributed by atoms with Gasteiger partial charge >= 0.3 is 0 Å². The van der Waals surface area contributed by atoms with Crippen LogP contribution in [0.1, 0.15) is 24.6 Å². The quantitative estimate of drug-likeness (QED) is 0.910. The summed E-state index contributed by atoms with van der Waals surface area (Å²) < 4.78 is 30.9. The largest absolute Gasteiger partial charge is 0.471 e. The van der Waals surface area contributed by atoms with Crippen molar-refractivity contribution in [1.82, 2.24) is 9.97 Å². The van der Waals surface area contributed by atoms with E-state index in [0.29, 0.717) is 11.6 Å². The van der Waals surface area contributed by atoms with E-state index >= 15 is 0 Å². The molecule has 1 saturated carbocycles.